The van der Waals surface area contributed by atoms with E-state index in [-0.39, 0.29) is 12.1 Å². The molecule has 0 aliphatic carbocycles. The fraction of sp³-hybridized carbons (Fsp3) is 0.692. The lowest BCUT2D eigenvalue weighted by Crippen LogP contribution is -2.39. The smallest absolute Gasteiger partial charge is 0.318 e. The van der Waals surface area contributed by atoms with Gasteiger partial charge in [-0.25, -0.2) is 4.79 Å². The first kappa shape index (κ1) is 12.9. The van der Waals surface area contributed by atoms with Crippen LogP contribution in [0.15, 0.2) is 10.6 Å². The van der Waals surface area contributed by atoms with Crippen molar-refractivity contribution in [1.82, 2.24) is 15.4 Å². The highest BCUT2D eigenvalue weighted by Gasteiger charge is 2.32. The summed E-state index contributed by atoms with van der Waals surface area (Å²) in [6.45, 7) is 7.52. The second-order valence-corrected chi connectivity index (χ2v) is 5.00. The Morgan fingerprint density at radius 1 is 1.67 bits per heavy atom. The topological polar surface area (TPSA) is 58.4 Å². The fourth-order valence-corrected chi connectivity index (χ4v) is 2.29. The molecule has 0 aromatic carbocycles. The van der Waals surface area contributed by atoms with Crippen LogP contribution in [0.3, 0.4) is 0 Å². The standard InChI is InChI=1S/C13H21N3O2/c1-4-14-13(17)16-7-5-6-11(16)12-8-10(9(2)3)15-18-12/h8-9,11H,4-7H2,1-3H3,(H,14,17). The maximum absolute atomic E-state index is 11.9. The van der Waals surface area contributed by atoms with Crippen LogP contribution >= 0.6 is 0 Å². The maximum Gasteiger partial charge on any atom is 0.318 e. The van der Waals surface area contributed by atoms with Crippen LogP contribution in [-0.4, -0.2) is 29.2 Å². The summed E-state index contributed by atoms with van der Waals surface area (Å²) in [5.41, 5.74) is 0.952. The maximum atomic E-state index is 11.9. The van der Waals surface area contributed by atoms with Crippen LogP contribution in [0.2, 0.25) is 0 Å². The van der Waals surface area contributed by atoms with Gasteiger partial charge in [0.05, 0.1) is 11.7 Å². The van der Waals surface area contributed by atoms with Crippen molar-refractivity contribution >= 4 is 6.03 Å². The molecule has 1 fully saturated rings. The number of rotatable bonds is 3. The van der Waals surface area contributed by atoms with Crippen molar-refractivity contribution in [3.05, 3.63) is 17.5 Å². The predicted octanol–water partition coefficient (Wildman–Crippen LogP) is 2.66. The fourth-order valence-electron chi connectivity index (χ4n) is 2.29. The summed E-state index contributed by atoms with van der Waals surface area (Å²) < 4.78 is 5.40. The predicted molar refractivity (Wildman–Crippen MR) is 68.3 cm³/mol. The molecule has 100 valence electrons. The van der Waals surface area contributed by atoms with Gasteiger partial charge < -0.3 is 14.7 Å². The van der Waals surface area contributed by atoms with Crippen LogP contribution in [0.4, 0.5) is 4.79 Å². The van der Waals surface area contributed by atoms with E-state index in [1.807, 2.05) is 17.9 Å². The van der Waals surface area contributed by atoms with Gasteiger partial charge in [-0.15, -0.1) is 0 Å². The molecule has 1 aromatic heterocycles. The first-order valence-corrected chi connectivity index (χ1v) is 6.64. The van der Waals surface area contributed by atoms with Crippen LogP contribution in [0, 0.1) is 0 Å². The van der Waals surface area contributed by atoms with Crippen LogP contribution in [0.1, 0.15) is 57.0 Å². The molecule has 0 spiro atoms. The van der Waals surface area contributed by atoms with Gasteiger partial charge in [0.2, 0.25) is 0 Å². The van der Waals surface area contributed by atoms with Gasteiger partial charge in [-0.1, -0.05) is 19.0 Å². The Morgan fingerprint density at radius 3 is 3.06 bits per heavy atom. The summed E-state index contributed by atoms with van der Waals surface area (Å²) in [7, 11) is 0. The molecule has 1 aromatic rings. The molecule has 5 heteroatoms. The Kier molecular flexibility index (Phi) is 3.89. The van der Waals surface area contributed by atoms with Gasteiger partial charge in [0.15, 0.2) is 5.76 Å². The second kappa shape index (κ2) is 5.42. The molecule has 0 saturated carbocycles. The molecule has 1 atom stereocenters. The Morgan fingerprint density at radius 2 is 2.44 bits per heavy atom. The first-order valence-electron chi connectivity index (χ1n) is 6.64. The Balaban J connectivity index is 2.12. The number of aromatic nitrogens is 1. The van der Waals surface area contributed by atoms with Gasteiger partial charge in [0, 0.05) is 19.2 Å². The number of hydrogen-bond acceptors (Lipinski definition) is 3. The summed E-state index contributed by atoms with van der Waals surface area (Å²) in [5.74, 6) is 1.16. The summed E-state index contributed by atoms with van der Waals surface area (Å²) >= 11 is 0. The number of likely N-dealkylation sites (tertiary alicyclic amines) is 1. The minimum Gasteiger partial charge on any atom is -0.359 e. The Hall–Kier alpha value is -1.52. The molecule has 2 amide bonds. The number of urea groups is 1. The van der Waals surface area contributed by atoms with Crippen LogP contribution in [0.5, 0.6) is 0 Å². The monoisotopic (exact) mass is 251 g/mol. The van der Waals surface area contributed by atoms with Crippen LogP contribution < -0.4 is 5.32 Å². The molecule has 5 nitrogen and oxygen atoms in total. The lowest BCUT2D eigenvalue weighted by Gasteiger charge is -2.22. The largest absolute Gasteiger partial charge is 0.359 e. The number of nitrogens with zero attached hydrogens (tertiary/aromatic N) is 2. The van der Waals surface area contributed by atoms with Crippen LogP contribution in [-0.2, 0) is 0 Å². The third-order valence-electron chi connectivity index (χ3n) is 3.31. The Labute approximate surface area is 108 Å². The highest BCUT2D eigenvalue weighted by molar-refractivity contribution is 5.74. The normalized spacial score (nSPS) is 19.6. The summed E-state index contributed by atoms with van der Waals surface area (Å²) in [5, 5.41) is 6.91. The lowest BCUT2D eigenvalue weighted by atomic mass is 10.1. The summed E-state index contributed by atoms with van der Waals surface area (Å²) in [6.07, 6.45) is 1.96. The van der Waals surface area contributed by atoms with E-state index >= 15 is 0 Å². The van der Waals surface area contributed by atoms with Crippen molar-refractivity contribution < 1.29 is 9.32 Å². The molecule has 1 unspecified atom stereocenters. The van der Waals surface area contributed by atoms with E-state index in [2.05, 4.69) is 24.3 Å². The van der Waals surface area contributed by atoms with Crippen molar-refractivity contribution in [2.75, 3.05) is 13.1 Å². The zero-order chi connectivity index (χ0) is 13.1. The quantitative estimate of drug-likeness (QED) is 0.898. The summed E-state index contributed by atoms with van der Waals surface area (Å²) in [6, 6.07) is 2.01. The molecular formula is C13H21N3O2. The SMILES string of the molecule is CCNC(=O)N1CCCC1c1cc(C(C)C)no1. The molecular weight excluding hydrogens is 230 g/mol. The van der Waals surface area contributed by atoms with Crippen molar-refractivity contribution in [2.24, 2.45) is 0 Å². The molecule has 2 rings (SSSR count). The average Bonchev–Trinajstić information content (AvgIpc) is 2.98. The molecule has 0 bridgehead atoms. The number of carbonyl (C=O) groups excluding carboxylic acids is 1. The van der Waals surface area contributed by atoms with Gasteiger partial charge in [0.25, 0.3) is 0 Å². The van der Waals surface area contributed by atoms with E-state index in [0.29, 0.717) is 12.5 Å². The van der Waals surface area contributed by atoms with Crippen molar-refractivity contribution in [3.8, 4) is 0 Å². The van der Waals surface area contributed by atoms with Crippen LogP contribution in [0.25, 0.3) is 0 Å². The summed E-state index contributed by atoms with van der Waals surface area (Å²) in [4.78, 5) is 13.8. The van der Waals surface area contributed by atoms with Crippen molar-refractivity contribution in [1.29, 1.82) is 0 Å². The number of hydrogen-bond donors (Lipinski definition) is 1. The van der Waals surface area contributed by atoms with Gasteiger partial charge in [-0.2, -0.15) is 0 Å². The highest BCUT2D eigenvalue weighted by atomic mass is 16.5. The molecule has 1 aliphatic rings. The molecule has 2 heterocycles. The van der Waals surface area contributed by atoms with Gasteiger partial charge >= 0.3 is 6.03 Å². The zero-order valence-electron chi connectivity index (χ0n) is 11.3. The van der Waals surface area contributed by atoms with E-state index in [1.165, 1.54) is 0 Å². The number of nitrogens with one attached hydrogen (secondary N) is 1. The third kappa shape index (κ3) is 2.49. The minimum absolute atomic E-state index is 0.0116. The number of carbonyl (C=O) groups is 1. The lowest BCUT2D eigenvalue weighted by molar-refractivity contribution is 0.183. The molecule has 0 radical (unpaired) electrons. The van der Waals surface area contributed by atoms with E-state index < -0.39 is 0 Å². The van der Waals surface area contributed by atoms with Gasteiger partial charge in [-0.05, 0) is 25.7 Å². The third-order valence-corrected chi connectivity index (χ3v) is 3.31. The first-order chi connectivity index (χ1) is 8.63. The second-order valence-electron chi connectivity index (χ2n) is 5.00. The van der Waals surface area contributed by atoms with E-state index in [9.17, 15) is 4.79 Å². The van der Waals surface area contributed by atoms with Crippen molar-refractivity contribution in [2.45, 2.75) is 45.6 Å². The molecule has 1 N–H and O–H groups in total. The van der Waals surface area contributed by atoms with Gasteiger partial charge in [0.1, 0.15) is 0 Å². The molecule has 18 heavy (non-hydrogen) atoms. The van der Waals surface area contributed by atoms with Gasteiger partial charge in [-0.3, -0.25) is 0 Å². The van der Waals surface area contributed by atoms with E-state index in [4.69, 9.17) is 4.52 Å². The molecule has 1 saturated heterocycles. The zero-order valence-corrected chi connectivity index (χ0v) is 11.3. The van der Waals surface area contributed by atoms with E-state index in [1.54, 1.807) is 0 Å². The van der Waals surface area contributed by atoms with E-state index in [0.717, 1.165) is 30.8 Å². The number of amides is 2. The Bertz CT molecular complexity index is 414. The van der Waals surface area contributed by atoms with Crippen molar-refractivity contribution in [3.63, 3.8) is 0 Å². The average molecular weight is 251 g/mol. The minimum atomic E-state index is -0.0116. The highest BCUT2D eigenvalue weighted by Crippen LogP contribution is 2.33. The molecule has 1 aliphatic heterocycles.